The number of hydrogen-bond donors (Lipinski definition) is 2. The molecule has 1 aromatic heterocycles. The monoisotopic (exact) mass is 356 g/mol. The van der Waals surface area contributed by atoms with Gasteiger partial charge in [0.05, 0.1) is 15.9 Å². The van der Waals surface area contributed by atoms with E-state index >= 15 is 0 Å². The molecule has 1 aliphatic rings. The molecule has 3 rings (SSSR count). The Morgan fingerprint density at radius 2 is 1.76 bits per heavy atom. The van der Waals surface area contributed by atoms with E-state index in [4.69, 9.17) is 10.1 Å². The number of imide groups is 1. The molecule has 2 N–H and O–H groups in total. The van der Waals surface area contributed by atoms with E-state index in [2.05, 4.69) is 5.32 Å². The van der Waals surface area contributed by atoms with E-state index in [1.165, 1.54) is 11.3 Å². The average Bonchev–Trinajstić information content (AvgIpc) is 2.98. The summed E-state index contributed by atoms with van der Waals surface area (Å²) in [5.41, 5.74) is 0.337. The van der Waals surface area contributed by atoms with Crippen LogP contribution in [0.25, 0.3) is 10.4 Å². The van der Waals surface area contributed by atoms with Crippen LogP contribution in [0.3, 0.4) is 0 Å². The number of hydrogen-bond acceptors (Lipinski definition) is 6. The highest BCUT2D eigenvalue weighted by Gasteiger charge is 2.30. The molecule has 0 unspecified atom stereocenters. The quantitative estimate of drug-likeness (QED) is 0.491. The maximum Gasteiger partial charge on any atom is 0.316 e. The highest BCUT2D eigenvalue weighted by Crippen LogP contribution is 2.34. The summed E-state index contributed by atoms with van der Waals surface area (Å²) >= 11 is 1.21. The lowest BCUT2D eigenvalue weighted by atomic mass is 9.97. The van der Waals surface area contributed by atoms with Gasteiger partial charge in [-0.15, -0.1) is 11.3 Å². The van der Waals surface area contributed by atoms with Crippen LogP contribution in [-0.4, -0.2) is 23.5 Å². The number of benzene rings is 1. The molecule has 2 amide bonds. The molecule has 25 heavy (non-hydrogen) atoms. The third-order valence-electron chi connectivity index (χ3n) is 3.62. The van der Waals surface area contributed by atoms with E-state index < -0.39 is 17.2 Å². The summed E-state index contributed by atoms with van der Waals surface area (Å²) in [7, 11) is 0. The van der Waals surface area contributed by atoms with Crippen molar-refractivity contribution in [2.75, 3.05) is 0 Å². The van der Waals surface area contributed by atoms with Crippen molar-refractivity contribution in [2.45, 2.75) is 20.8 Å². The van der Waals surface area contributed by atoms with Crippen molar-refractivity contribution >= 4 is 34.8 Å². The van der Waals surface area contributed by atoms with Crippen LogP contribution in [0.5, 0.6) is 5.75 Å². The van der Waals surface area contributed by atoms with E-state index in [-0.39, 0.29) is 11.7 Å². The van der Waals surface area contributed by atoms with Crippen LogP contribution in [0.1, 0.15) is 36.0 Å². The lowest BCUT2D eigenvalue weighted by Crippen LogP contribution is -2.41. The smallest absolute Gasteiger partial charge is 0.316 e. The Balaban J connectivity index is 1.87. The number of carbonyl (C=O) groups is 3. The van der Waals surface area contributed by atoms with Gasteiger partial charge in [0.15, 0.2) is 0 Å². The SMILES string of the molecule is CC(C)(C)C(=O)Oc1ccc(-c2cc3c(s2)C(=N)C(=O)NC3=O)cc1. The number of nitrogens with one attached hydrogen (secondary N) is 2. The number of thiophene rings is 1. The average molecular weight is 356 g/mol. The van der Waals surface area contributed by atoms with Gasteiger partial charge >= 0.3 is 5.97 Å². The Hall–Kier alpha value is -2.80. The van der Waals surface area contributed by atoms with Crippen LogP contribution < -0.4 is 10.1 Å². The Morgan fingerprint density at radius 3 is 2.36 bits per heavy atom. The third-order valence-corrected chi connectivity index (χ3v) is 4.82. The maximum absolute atomic E-state index is 11.9. The first-order valence-corrected chi connectivity index (χ1v) is 8.39. The zero-order valence-corrected chi connectivity index (χ0v) is 14.7. The lowest BCUT2D eigenvalue weighted by Gasteiger charge is -2.16. The summed E-state index contributed by atoms with van der Waals surface area (Å²) in [6.45, 7) is 5.34. The van der Waals surface area contributed by atoms with Crippen LogP contribution in [0.4, 0.5) is 0 Å². The highest BCUT2D eigenvalue weighted by molar-refractivity contribution is 7.18. The van der Waals surface area contributed by atoms with Gasteiger partial charge in [0.25, 0.3) is 11.8 Å². The van der Waals surface area contributed by atoms with Crippen LogP contribution in [0, 0.1) is 10.8 Å². The Kier molecular flexibility index (Phi) is 4.04. The molecule has 0 atom stereocenters. The molecule has 2 heterocycles. The second-order valence-corrected chi connectivity index (χ2v) is 7.73. The van der Waals surface area contributed by atoms with E-state index in [0.29, 0.717) is 16.2 Å². The van der Waals surface area contributed by atoms with Gasteiger partial charge in [-0.1, -0.05) is 0 Å². The first-order valence-electron chi connectivity index (χ1n) is 7.58. The zero-order valence-electron chi connectivity index (χ0n) is 13.9. The summed E-state index contributed by atoms with van der Waals surface area (Å²) in [5, 5.41) is 9.94. The number of rotatable bonds is 2. The third kappa shape index (κ3) is 3.23. The predicted molar refractivity (Wildman–Crippen MR) is 94.1 cm³/mol. The molecule has 0 saturated heterocycles. The van der Waals surface area contributed by atoms with Crippen molar-refractivity contribution in [3.63, 3.8) is 0 Å². The number of fused-ring (bicyclic) bond motifs is 1. The van der Waals surface area contributed by atoms with Crippen molar-refractivity contribution in [3.8, 4) is 16.2 Å². The number of esters is 1. The largest absolute Gasteiger partial charge is 0.426 e. The molecular formula is C18H16N2O4S. The molecule has 1 aromatic carbocycles. The van der Waals surface area contributed by atoms with Gasteiger partial charge in [-0.3, -0.25) is 25.1 Å². The minimum atomic E-state index is -0.685. The Bertz CT molecular complexity index is 904. The molecule has 1 aliphatic heterocycles. The summed E-state index contributed by atoms with van der Waals surface area (Å²) in [5.74, 6) is -1.06. The molecule has 0 bridgehead atoms. The normalized spacial score (nSPS) is 14.1. The van der Waals surface area contributed by atoms with Gasteiger partial charge in [0, 0.05) is 4.88 Å². The molecule has 0 spiro atoms. The molecule has 6 nitrogen and oxygen atoms in total. The second-order valence-electron chi connectivity index (χ2n) is 6.68. The molecule has 2 aromatic rings. The van der Waals surface area contributed by atoms with Gasteiger partial charge < -0.3 is 4.74 Å². The van der Waals surface area contributed by atoms with E-state index in [1.807, 2.05) is 0 Å². The van der Waals surface area contributed by atoms with Gasteiger partial charge in [-0.2, -0.15) is 0 Å². The van der Waals surface area contributed by atoms with Crippen LogP contribution in [0.2, 0.25) is 0 Å². The summed E-state index contributed by atoms with van der Waals surface area (Å²) in [6, 6.07) is 8.55. The van der Waals surface area contributed by atoms with Crippen LogP contribution >= 0.6 is 11.3 Å². The number of amides is 2. The van der Waals surface area contributed by atoms with Crippen molar-refractivity contribution in [1.29, 1.82) is 5.41 Å². The molecule has 0 fully saturated rings. The minimum Gasteiger partial charge on any atom is -0.426 e. The topological polar surface area (TPSA) is 96.3 Å². The van der Waals surface area contributed by atoms with Gasteiger partial charge in [0.1, 0.15) is 11.5 Å². The van der Waals surface area contributed by atoms with E-state index in [1.54, 1.807) is 51.1 Å². The van der Waals surface area contributed by atoms with Crippen molar-refractivity contribution < 1.29 is 19.1 Å². The fourth-order valence-corrected chi connectivity index (χ4v) is 3.28. The van der Waals surface area contributed by atoms with Crippen LogP contribution in [0.15, 0.2) is 30.3 Å². The number of carbonyl (C=O) groups excluding carboxylic acids is 3. The summed E-state index contributed by atoms with van der Waals surface area (Å²) in [6.07, 6.45) is 0. The van der Waals surface area contributed by atoms with Crippen LogP contribution in [-0.2, 0) is 9.59 Å². The first kappa shape index (κ1) is 17.0. The Morgan fingerprint density at radius 1 is 1.12 bits per heavy atom. The van der Waals surface area contributed by atoms with Gasteiger partial charge in [-0.25, -0.2) is 0 Å². The number of ether oxygens (including phenoxy) is 1. The first-order chi connectivity index (χ1) is 11.7. The van der Waals surface area contributed by atoms with Crippen molar-refractivity contribution in [3.05, 3.63) is 40.8 Å². The van der Waals surface area contributed by atoms with Crippen molar-refractivity contribution in [2.24, 2.45) is 5.41 Å². The molecule has 0 aliphatic carbocycles. The highest BCUT2D eigenvalue weighted by atomic mass is 32.1. The molecular weight excluding hydrogens is 340 g/mol. The zero-order chi connectivity index (χ0) is 18.4. The van der Waals surface area contributed by atoms with E-state index in [0.717, 1.165) is 10.4 Å². The second kappa shape index (κ2) is 5.93. The lowest BCUT2D eigenvalue weighted by molar-refractivity contribution is -0.143. The predicted octanol–water partition coefficient (Wildman–Crippen LogP) is 3.00. The van der Waals surface area contributed by atoms with Gasteiger partial charge in [-0.05, 0) is 56.7 Å². The summed E-state index contributed by atoms with van der Waals surface area (Å²) in [4.78, 5) is 36.4. The molecule has 128 valence electrons. The molecule has 7 heteroatoms. The molecule has 0 radical (unpaired) electrons. The maximum atomic E-state index is 11.9. The standard InChI is InChI=1S/C18H16N2O4S/c1-18(2,3)17(23)24-10-6-4-9(5-7-10)12-8-11-14(25-12)13(19)16(22)20-15(11)21/h4-8,19H,1-3H3,(H,20,21,22). The van der Waals surface area contributed by atoms with Gasteiger partial charge in [0.2, 0.25) is 0 Å². The minimum absolute atomic E-state index is 0.207. The summed E-state index contributed by atoms with van der Waals surface area (Å²) < 4.78 is 5.32. The molecule has 0 saturated carbocycles. The Labute approximate surface area is 148 Å². The van der Waals surface area contributed by atoms with Crippen molar-refractivity contribution in [1.82, 2.24) is 5.32 Å². The van der Waals surface area contributed by atoms with E-state index in [9.17, 15) is 14.4 Å². The fraction of sp³-hybridized carbons (Fsp3) is 0.222. The fourth-order valence-electron chi connectivity index (χ4n) is 2.17.